The van der Waals surface area contributed by atoms with Gasteiger partial charge in [-0.1, -0.05) is 24.3 Å². The van der Waals surface area contributed by atoms with Crippen molar-refractivity contribution in [3.63, 3.8) is 0 Å². The fraction of sp³-hybridized carbons (Fsp3) is 0.562. The minimum Gasteiger partial charge on any atom is -0.481 e. The van der Waals surface area contributed by atoms with Crippen molar-refractivity contribution in [2.45, 2.75) is 51.6 Å². The monoisotopic (exact) mass is 261 g/mol. The Balaban J connectivity index is 1.93. The highest BCUT2D eigenvalue weighted by Gasteiger charge is 2.23. The minimum atomic E-state index is -0.727. The summed E-state index contributed by atoms with van der Waals surface area (Å²) in [4.78, 5) is 12.9. The number of carboxylic acid groups (broad SMARTS) is 1. The molecule has 0 aliphatic heterocycles. The summed E-state index contributed by atoms with van der Waals surface area (Å²) < 4.78 is 0. The Kier molecular flexibility index (Phi) is 4.59. The van der Waals surface area contributed by atoms with Crippen molar-refractivity contribution < 1.29 is 9.90 Å². The Bertz CT molecular complexity index is 421. The summed E-state index contributed by atoms with van der Waals surface area (Å²) in [6.45, 7) is 5.66. The second kappa shape index (κ2) is 6.20. The van der Waals surface area contributed by atoms with Gasteiger partial charge >= 0.3 is 5.97 Å². The fourth-order valence-electron chi connectivity index (χ4n) is 2.31. The molecular formula is C16H23NO2. The van der Waals surface area contributed by atoms with Crippen molar-refractivity contribution in [1.29, 1.82) is 0 Å². The van der Waals surface area contributed by atoms with Crippen LogP contribution in [0, 0.1) is 0 Å². The molecule has 1 aromatic rings. The molecule has 1 saturated carbocycles. The van der Waals surface area contributed by atoms with Crippen molar-refractivity contribution in [2.75, 3.05) is 6.54 Å². The van der Waals surface area contributed by atoms with Gasteiger partial charge in [0.05, 0.1) is 6.42 Å². The van der Waals surface area contributed by atoms with Gasteiger partial charge in [-0.2, -0.15) is 0 Å². The predicted molar refractivity (Wildman–Crippen MR) is 76.2 cm³/mol. The van der Waals surface area contributed by atoms with Crippen LogP contribution in [-0.4, -0.2) is 28.6 Å². The molecule has 19 heavy (non-hydrogen) atoms. The number of carbonyl (C=O) groups is 1. The molecule has 0 amide bonds. The van der Waals surface area contributed by atoms with Crippen molar-refractivity contribution in [3.8, 4) is 0 Å². The van der Waals surface area contributed by atoms with E-state index in [0.29, 0.717) is 12.6 Å². The van der Waals surface area contributed by atoms with Crippen LogP contribution in [0.2, 0.25) is 0 Å². The number of carboxylic acids is 1. The van der Waals surface area contributed by atoms with E-state index in [2.05, 4.69) is 43.0 Å². The van der Waals surface area contributed by atoms with Crippen molar-refractivity contribution >= 4 is 5.97 Å². The maximum Gasteiger partial charge on any atom is 0.304 e. The topological polar surface area (TPSA) is 40.5 Å². The number of hydrogen-bond acceptors (Lipinski definition) is 2. The van der Waals surface area contributed by atoms with Crippen molar-refractivity contribution in [3.05, 3.63) is 35.4 Å². The summed E-state index contributed by atoms with van der Waals surface area (Å²) in [6.07, 6.45) is 2.87. The van der Waals surface area contributed by atoms with E-state index >= 15 is 0 Å². The van der Waals surface area contributed by atoms with Gasteiger partial charge in [0.2, 0.25) is 0 Å². The van der Waals surface area contributed by atoms with Crippen LogP contribution in [0.15, 0.2) is 24.3 Å². The van der Waals surface area contributed by atoms with Crippen LogP contribution in [0.25, 0.3) is 0 Å². The molecule has 3 nitrogen and oxygen atoms in total. The third kappa shape index (κ3) is 4.35. The highest BCUT2D eigenvalue weighted by Crippen LogP contribution is 2.39. The molecule has 0 radical (unpaired) electrons. The molecule has 1 aliphatic carbocycles. The Morgan fingerprint density at radius 2 is 1.95 bits per heavy atom. The van der Waals surface area contributed by atoms with Gasteiger partial charge in [-0.15, -0.1) is 0 Å². The molecule has 104 valence electrons. The van der Waals surface area contributed by atoms with Gasteiger partial charge in [-0.05, 0) is 43.7 Å². The fourth-order valence-corrected chi connectivity index (χ4v) is 2.31. The first kappa shape index (κ1) is 14.1. The zero-order valence-corrected chi connectivity index (χ0v) is 11.8. The lowest BCUT2D eigenvalue weighted by atomic mass is 10.1. The number of benzene rings is 1. The lowest BCUT2D eigenvalue weighted by Gasteiger charge is -2.26. The molecule has 3 heteroatoms. The first-order valence-corrected chi connectivity index (χ1v) is 7.11. The lowest BCUT2D eigenvalue weighted by molar-refractivity contribution is -0.137. The Labute approximate surface area is 115 Å². The van der Waals surface area contributed by atoms with Gasteiger partial charge in [0.15, 0.2) is 0 Å². The van der Waals surface area contributed by atoms with E-state index in [9.17, 15) is 4.79 Å². The van der Waals surface area contributed by atoms with Crippen molar-refractivity contribution in [2.24, 2.45) is 0 Å². The van der Waals surface area contributed by atoms with Crippen molar-refractivity contribution in [1.82, 2.24) is 4.90 Å². The average Bonchev–Trinajstić information content (AvgIpc) is 3.19. The third-order valence-corrected chi connectivity index (χ3v) is 3.76. The molecule has 0 aromatic heterocycles. The predicted octanol–water partition coefficient (Wildman–Crippen LogP) is 3.25. The molecule has 0 bridgehead atoms. The average molecular weight is 261 g/mol. The summed E-state index contributed by atoms with van der Waals surface area (Å²) in [7, 11) is 0. The molecule has 0 saturated heterocycles. The van der Waals surface area contributed by atoms with E-state index < -0.39 is 5.97 Å². The number of rotatable bonds is 7. The summed E-state index contributed by atoms with van der Waals surface area (Å²) in [5.74, 6) is 0.0667. The smallest absolute Gasteiger partial charge is 0.304 e. The standard InChI is InChI=1S/C16H23NO2/c1-12(2)17(10-9-16(18)19)11-13-3-5-14(6-4-13)15-7-8-15/h3-6,12,15H,7-11H2,1-2H3,(H,18,19). The van der Waals surface area contributed by atoms with Gasteiger partial charge < -0.3 is 5.11 Å². The Hall–Kier alpha value is -1.35. The lowest BCUT2D eigenvalue weighted by Crippen LogP contribution is -2.32. The van der Waals surface area contributed by atoms with Crippen LogP contribution in [0.5, 0.6) is 0 Å². The van der Waals surface area contributed by atoms with Gasteiger partial charge in [-0.25, -0.2) is 0 Å². The normalized spacial score (nSPS) is 15.2. The van der Waals surface area contributed by atoms with E-state index in [1.807, 2.05) is 0 Å². The van der Waals surface area contributed by atoms with Gasteiger partial charge in [0.25, 0.3) is 0 Å². The van der Waals surface area contributed by atoms with Gasteiger partial charge in [0, 0.05) is 19.1 Å². The van der Waals surface area contributed by atoms with E-state index in [-0.39, 0.29) is 6.42 Å². The highest BCUT2D eigenvalue weighted by molar-refractivity contribution is 5.66. The minimum absolute atomic E-state index is 0.207. The molecule has 0 unspecified atom stereocenters. The van der Waals surface area contributed by atoms with E-state index in [1.165, 1.54) is 24.0 Å². The summed E-state index contributed by atoms with van der Waals surface area (Å²) >= 11 is 0. The maximum atomic E-state index is 10.7. The van der Waals surface area contributed by atoms with E-state index in [1.54, 1.807) is 0 Å². The maximum absolute atomic E-state index is 10.7. The van der Waals surface area contributed by atoms with Crippen LogP contribution < -0.4 is 0 Å². The second-order valence-corrected chi connectivity index (χ2v) is 5.72. The first-order chi connectivity index (χ1) is 9.06. The van der Waals surface area contributed by atoms with Crippen LogP contribution in [0.1, 0.15) is 50.2 Å². The quantitative estimate of drug-likeness (QED) is 0.819. The molecule has 0 atom stereocenters. The van der Waals surface area contributed by atoms with E-state index in [0.717, 1.165) is 12.5 Å². The zero-order chi connectivity index (χ0) is 13.8. The summed E-state index contributed by atoms with van der Waals surface area (Å²) in [5.41, 5.74) is 2.72. The van der Waals surface area contributed by atoms with Gasteiger partial charge in [-0.3, -0.25) is 9.69 Å². The van der Waals surface area contributed by atoms with Crippen LogP contribution >= 0.6 is 0 Å². The highest BCUT2D eigenvalue weighted by atomic mass is 16.4. The molecule has 1 aliphatic rings. The molecule has 1 fully saturated rings. The Morgan fingerprint density at radius 1 is 1.32 bits per heavy atom. The molecule has 1 aromatic carbocycles. The molecule has 2 rings (SSSR count). The third-order valence-electron chi connectivity index (χ3n) is 3.76. The zero-order valence-electron chi connectivity index (χ0n) is 11.8. The van der Waals surface area contributed by atoms with Crippen LogP contribution in [-0.2, 0) is 11.3 Å². The summed E-state index contributed by atoms with van der Waals surface area (Å²) in [6, 6.07) is 9.18. The van der Waals surface area contributed by atoms with Gasteiger partial charge in [0.1, 0.15) is 0 Å². The molecular weight excluding hydrogens is 238 g/mol. The molecule has 0 heterocycles. The second-order valence-electron chi connectivity index (χ2n) is 5.72. The molecule has 0 spiro atoms. The number of nitrogens with zero attached hydrogens (tertiary/aromatic N) is 1. The first-order valence-electron chi connectivity index (χ1n) is 7.11. The van der Waals surface area contributed by atoms with Crippen LogP contribution in [0.4, 0.5) is 0 Å². The Morgan fingerprint density at radius 3 is 2.42 bits per heavy atom. The largest absolute Gasteiger partial charge is 0.481 e. The SMILES string of the molecule is CC(C)N(CCC(=O)O)Cc1ccc(C2CC2)cc1. The molecule has 1 N–H and O–H groups in total. The van der Waals surface area contributed by atoms with E-state index in [4.69, 9.17) is 5.11 Å². The van der Waals surface area contributed by atoms with Crippen LogP contribution in [0.3, 0.4) is 0 Å². The number of aliphatic carboxylic acids is 1. The number of hydrogen-bond donors (Lipinski definition) is 1. The summed E-state index contributed by atoms with van der Waals surface area (Å²) in [5, 5.41) is 8.79.